The highest BCUT2D eigenvalue weighted by molar-refractivity contribution is 4.57. The Balaban J connectivity index is 2.98. The summed E-state index contributed by atoms with van der Waals surface area (Å²) in [6.45, 7) is 5.56. The molecule has 15 heavy (non-hydrogen) atoms. The van der Waals surface area contributed by atoms with E-state index in [1.54, 1.807) is 7.11 Å². The Morgan fingerprint density at radius 2 is 1.80 bits per heavy atom. The van der Waals surface area contributed by atoms with Crippen LogP contribution in [-0.4, -0.2) is 46.2 Å². The lowest BCUT2D eigenvalue weighted by atomic mass is 10.2. The van der Waals surface area contributed by atoms with Crippen LogP contribution >= 0.6 is 0 Å². The van der Waals surface area contributed by atoms with Crippen LogP contribution in [0.25, 0.3) is 0 Å². The summed E-state index contributed by atoms with van der Waals surface area (Å²) in [6, 6.07) is 0.185. The highest BCUT2D eigenvalue weighted by Gasteiger charge is 1.99. The van der Waals surface area contributed by atoms with Crippen molar-refractivity contribution >= 4 is 0 Å². The monoisotopic (exact) mass is 219 g/mol. The number of rotatable bonds is 11. The molecule has 0 aromatic carbocycles. The Hall–Kier alpha value is -0.160. The van der Waals surface area contributed by atoms with Gasteiger partial charge in [0.15, 0.2) is 0 Å². The van der Waals surface area contributed by atoms with Crippen LogP contribution < -0.4 is 5.73 Å². The first-order valence-electron chi connectivity index (χ1n) is 5.71. The van der Waals surface area contributed by atoms with Gasteiger partial charge in [0, 0.05) is 26.4 Å². The molecular formula is C11H25NO3. The van der Waals surface area contributed by atoms with E-state index < -0.39 is 0 Å². The standard InChI is InChI=1S/C11H25NO3/c1-3-5-11(12)10-15-7-4-6-14-9-8-13-2/h11H,3-10,12H2,1-2H3. The van der Waals surface area contributed by atoms with E-state index in [0.29, 0.717) is 19.8 Å². The molecule has 0 heterocycles. The molecule has 0 aliphatic heterocycles. The smallest absolute Gasteiger partial charge is 0.0700 e. The molecule has 0 aromatic heterocycles. The summed E-state index contributed by atoms with van der Waals surface area (Å²) in [5.41, 5.74) is 5.79. The van der Waals surface area contributed by atoms with E-state index in [9.17, 15) is 0 Å². The number of nitrogens with two attached hydrogens (primary N) is 1. The summed E-state index contributed by atoms with van der Waals surface area (Å²) in [7, 11) is 1.67. The second kappa shape index (κ2) is 11.9. The molecule has 0 aliphatic carbocycles. The lowest BCUT2D eigenvalue weighted by Crippen LogP contribution is -2.26. The average Bonchev–Trinajstić information content (AvgIpc) is 2.22. The molecule has 0 rings (SSSR count). The molecule has 0 fully saturated rings. The molecule has 0 radical (unpaired) electrons. The van der Waals surface area contributed by atoms with Crippen LogP contribution in [0.1, 0.15) is 26.2 Å². The van der Waals surface area contributed by atoms with E-state index in [-0.39, 0.29) is 6.04 Å². The molecule has 1 atom stereocenters. The summed E-state index contributed by atoms with van der Waals surface area (Å²) in [5, 5.41) is 0. The summed E-state index contributed by atoms with van der Waals surface area (Å²) in [4.78, 5) is 0. The van der Waals surface area contributed by atoms with Crippen molar-refractivity contribution in [1.29, 1.82) is 0 Å². The van der Waals surface area contributed by atoms with Crippen LogP contribution in [0.3, 0.4) is 0 Å². The number of hydrogen-bond acceptors (Lipinski definition) is 4. The van der Waals surface area contributed by atoms with Gasteiger partial charge in [-0.05, 0) is 12.8 Å². The fraction of sp³-hybridized carbons (Fsp3) is 1.00. The maximum Gasteiger partial charge on any atom is 0.0700 e. The molecule has 0 bridgehead atoms. The molecule has 4 nitrogen and oxygen atoms in total. The van der Waals surface area contributed by atoms with Crippen LogP contribution in [0.15, 0.2) is 0 Å². The van der Waals surface area contributed by atoms with Crippen LogP contribution in [0.4, 0.5) is 0 Å². The van der Waals surface area contributed by atoms with Crippen LogP contribution in [0.5, 0.6) is 0 Å². The van der Waals surface area contributed by atoms with Gasteiger partial charge >= 0.3 is 0 Å². The maximum absolute atomic E-state index is 5.79. The third kappa shape index (κ3) is 11.8. The molecule has 0 aromatic rings. The van der Waals surface area contributed by atoms with Crippen molar-refractivity contribution < 1.29 is 14.2 Å². The van der Waals surface area contributed by atoms with Gasteiger partial charge < -0.3 is 19.9 Å². The van der Waals surface area contributed by atoms with E-state index in [1.807, 2.05) is 0 Å². The fourth-order valence-electron chi connectivity index (χ4n) is 1.20. The summed E-state index contributed by atoms with van der Waals surface area (Å²) >= 11 is 0. The van der Waals surface area contributed by atoms with Crippen molar-refractivity contribution in [2.45, 2.75) is 32.2 Å². The van der Waals surface area contributed by atoms with Crippen molar-refractivity contribution in [3.05, 3.63) is 0 Å². The van der Waals surface area contributed by atoms with Crippen molar-refractivity contribution in [3.63, 3.8) is 0 Å². The molecular weight excluding hydrogens is 194 g/mol. The summed E-state index contributed by atoms with van der Waals surface area (Å²) < 4.78 is 15.6. The second-order valence-corrected chi connectivity index (χ2v) is 3.58. The van der Waals surface area contributed by atoms with Crippen molar-refractivity contribution in [3.8, 4) is 0 Å². The van der Waals surface area contributed by atoms with E-state index in [4.69, 9.17) is 19.9 Å². The highest BCUT2D eigenvalue weighted by Crippen LogP contribution is 1.94. The Bertz CT molecular complexity index is 122. The van der Waals surface area contributed by atoms with Crippen molar-refractivity contribution in [1.82, 2.24) is 0 Å². The second-order valence-electron chi connectivity index (χ2n) is 3.58. The molecule has 0 saturated carbocycles. The third-order valence-electron chi connectivity index (χ3n) is 2.00. The van der Waals surface area contributed by atoms with Gasteiger partial charge in [0.05, 0.1) is 19.8 Å². The Morgan fingerprint density at radius 1 is 1.07 bits per heavy atom. The van der Waals surface area contributed by atoms with Gasteiger partial charge in [-0.2, -0.15) is 0 Å². The number of hydrogen-bond donors (Lipinski definition) is 1. The minimum atomic E-state index is 0.185. The van der Waals surface area contributed by atoms with Gasteiger partial charge in [0.2, 0.25) is 0 Å². The van der Waals surface area contributed by atoms with Gasteiger partial charge in [-0.1, -0.05) is 13.3 Å². The fourth-order valence-corrected chi connectivity index (χ4v) is 1.20. The third-order valence-corrected chi connectivity index (χ3v) is 2.00. The Kier molecular flexibility index (Phi) is 11.8. The highest BCUT2D eigenvalue weighted by atomic mass is 16.5. The topological polar surface area (TPSA) is 53.7 Å². The first kappa shape index (κ1) is 14.8. The summed E-state index contributed by atoms with van der Waals surface area (Å²) in [6.07, 6.45) is 3.07. The molecule has 2 N–H and O–H groups in total. The maximum atomic E-state index is 5.79. The minimum Gasteiger partial charge on any atom is -0.382 e. The predicted molar refractivity (Wildman–Crippen MR) is 61.0 cm³/mol. The molecule has 0 spiro atoms. The molecule has 92 valence electrons. The van der Waals surface area contributed by atoms with Crippen molar-refractivity contribution in [2.75, 3.05) is 40.1 Å². The van der Waals surface area contributed by atoms with Crippen LogP contribution in [0.2, 0.25) is 0 Å². The Labute approximate surface area is 93.1 Å². The van der Waals surface area contributed by atoms with Crippen LogP contribution in [0, 0.1) is 0 Å². The molecule has 0 aliphatic rings. The molecule has 4 heteroatoms. The minimum absolute atomic E-state index is 0.185. The number of ether oxygens (including phenoxy) is 3. The zero-order valence-electron chi connectivity index (χ0n) is 10.0. The lowest BCUT2D eigenvalue weighted by molar-refractivity contribution is 0.0488. The quantitative estimate of drug-likeness (QED) is 0.530. The van der Waals surface area contributed by atoms with Gasteiger partial charge in [-0.25, -0.2) is 0 Å². The largest absolute Gasteiger partial charge is 0.382 e. The van der Waals surface area contributed by atoms with Crippen molar-refractivity contribution in [2.24, 2.45) is 5.73 Å². The molecule has 0 saturated heterocycles. The first-order chi connectivity index (χ1) is 7.31. The molecule has 0 amide bonds. The SMILES string of the molecule is CCCC(N)COCCCOCCOC. The zero-order valence-corrected chi connectivity index (χ0v) is 10.0. The first-order valence-corrected chi connectivity index (χ1v) is 5.71. The molecule has 1 unspecified atom stereocenters. The van der Waals surface area contributed by atoms with E-state index in [0.717, 1.165) is 32.5 Å². The van der Waals surface area contributed by atoms with Gasteiger partial charge in [0.25, 0.3) is 0 Å². The van der Waals surface area contributed by atoms with Gasteiger partial charge in [-0.3, -0.25) is 0 Å². The number of methoxy groups -OCH3 is 1. The van der Waals surface area contributed by atoms with Gasteiger partial charge in [0.1, 0.15) is 0 Å². The predicted octanol–water partition coefficient (Wildman–Crippen LogP) is 1.18. The van der Waals surface area contributed by atoms with Crippen LogP contribution in [-0.2, 0) is 14.2 Å². The summed E-state index contributed by atoms with van der Waals surface area (Å²) in [5.74, 6) is 0. The Morgan fingerprint density at radius 3 is 2.47 bits per heavy atom. The lowest BCUT2D eigenvalue weighted by Gasteiger charge is -2.10. The van der Waals surface area contributed by atoms with Gasteiger partial charge in [-0.15, -0.1) is 0 Å². The van der Waals surface area contributed by atoms with E-state index in [1.165, 1.54) is 0 Å². The normalized spacial score (nSPS) is 13.0. The average molecular weight is 219 g/mol. The van der Waals surface area contributed by atoms with E-state index >= 15 is 0 Å². The van der Waals surface area contributed by atoms with E-state index in [2.05, 4.69) is 6.92 Å². The zero-order chi connectivity index (χ0) is 11.4.